The van der Waals surface area contributed by atoms with Crippen LogP contribution in [0.1, 0.15) is 27.5 Å². The Balaban J connectivity index is 1.96. The quantitative estimate of drug-likeness (QED) is 0.253. The number of hydrogen-bond acceptors (Lipinski definition) is 4. The highest BCUT2D eigenvalue weighted by Gasteiger charge is 2.20. The number of carbonyl (C=O) groups is 2. The van der Waals surface area contributed by atoms with Crippen LogP contribution in [0, 0.1) is 0 Å². The molecule has 3 aromatic rings. The second-order valence-electron chi connectivity index (χ2n) is 6.48. The van der Waals surface area contributed by atoms with E-state index in [9.17, 15) is 9.59 Å². The molecule has 1 atom stereocenters. The molecule has 0 radical (unpaired) electrons. The standard InChI is InChI=1S/C22H20Cl2N4O2/c23-16-8-6-15(7-9-16)22(30)27-19-11-10-17(24)12-18(19)21(26-13-20(29)28-25)14-4-2-1-3-5-14/h1-12,21,26H,13,25H2,(H,27,30)(H,28,29)/t21-/m0/s1. The van der Waals surface area contributed by atoms with Crippen molar-refractivity contribution in [3.05, 3.63) is 99.5 Å². The molecule has 0 heterocycles. The van der Waals surface area contributed by atoms with Crippen molar-refractivity contribution >= 4 is 40.7 Å². The molecule has 0 fully saturated rings. The van der Waals surface area contributed by atoms with E-state index in [-0.39, 0.29) is 18.4 Å². The molecule has 154 valence electrons. The maximum absolute atomic E-state index is 12.7. The monoisotopic (exact) mass is 442 g/mol. The molecule has 0 saturated carbocycles. The molecule has 2 amide bonds. The van der Waals surface area contributed by atoms with Gasteiger partial charge in [-0.05, 0) is 53.6 Å². The first-order chi connectivity index (χ1) is 14.5. The molecule has 0 aromatic heterocycles. The fraction of sp³-hybridized carbons (Fsp3) is 0.0909. The summed E-state index contributed by atoms with van der Waals surface area (Å²) in [5, 5.41) is 7.14. The van der Waals surface area contributed by atoms with Crippen molar-refractivity contribution in [3.63, 3.8) is 0 Å². The van der Waals surface area contributed by atoms with Gasteiger partial charge in [0, 0.05) is 21.3 Å². The van der Waals surface area contributed by atoms with E-state index in [1.807, 2.05) is 30.3 Å². The number of anilines is 1. The Morgan fingerprint density at radius 1 is 0.900 bits per heavy atom. The van der Waals surface area contributed by atoms with E-state index in [1.165, 1.54) is 0 Å². The van der Waals surface area contributed by atoms with E-state index in [1.54, 1.807) is 42.5 Å². The fourth-order valence-corrected chi connectivity index (χ4v) is 3.29. The molecule has 0 spiro atoms. The average Bonchev–Trinajstić information content (AvgIpc) is 2.76. The van der Waals surface area contributed by atoms with E-state index < -0.39 is 6.04 Å². The van der Waals surface area contributed by atoms with Crippen LogP contribution >= 0.6 is 23.2 Å². The van der Waals surface area contributed by atoms with Crippen molar-refractivity contribution in [2.24, 2.45) is 5.84 Å². The zero-order chi connectivity index (χ0) is 21.5. The first-order valence-corrected chi connectivity index (χ1v) is 9.87. The molecule has 3 rings (SSSR count). The topological polar surface area (TPSA) is 96.2 Å². The Hall–Kier alpha value is -2.90. The van der Waals surface area contributed by atoms with E-state index >= 15 is 0 Å². The number of hydrogen-bond donors (Lipinski definition) is 4. The lowest BCUT2D eigenvalue weighted by atomic mass is 9.96. The van der Waals surface area contributed by atoms with E-state index in [0.717, 1.165) is 5.56 Å². The van der Waals surface area contributed by atoms with Gasteiger partial charge in [-0.25, -0.2) is 5.84 Å². The van der Waals surface area contributed by atoms with Crippen molar-refractivity contribution in [1.82, 2.24) is 10.7 Å². The summed E-state index contributed by atoms with van der Waals surface area (Å²) in [5.41, 5.74) is 4.73. The van der Waals surface area contributed by atoms with Gasteiger partial charge in [-0.2, -0.15) is 0 Å². The van der Waals surface area contributed by atoms with Crippen LogP contribution < -0.4 is 21.9 Å². The smallest absolute Gasteiger partial charge is 0.255 e. The number of rotatable bonds is 7. The average molecular weight is 443 g/mol. The van der Waals surface area contributed by atoms with Gasteiger partial charge in [0.1, 0.15) is 0 Å². The summed E-state index contributed by atoms with van der Waals surface area (Å²) in [6.07, 6.45) is 0. The Bertz CT molecular complexity index is 1030. The van der Waals surface area contributed by atoms with Crippen LogP contribution in [0.3, 0.4) is 0 Å². The van der Waals surface area contributed by atoms with E-state index in [0.29, 0.717) is 26.9 Å². The molecular weight excluding hydrogens is 423 g/mol. The van der Waals surface area contributed by atoms with Crippen molar-refractivity contribution in [2.45, 2.75) is 6.04 Å². The minimum absolute atomic E-state index is 0.0207. The molecule has 0 unspecified atom stereocenters. The number of nitrogens with one attached hydrogen (secondary N) is 3. The summed E-state index contributed by atoms with van der Waals surface area (Å²) in [6, 6.07) is 20.9. The summed E-state index contributed by atoms with van der Waals surface area (Å²) < 4.78 is 0. The molecule has 30 heavy (non-hydrogen) atoms. The van der Waals surface area contributed by atoms with Crippen molar-refractivity contribution in [3.8, 4) is 0 Å². The van der Waals surface area contributed by atoms with Gasteiger partial charge in [-0.1, -0.05) is 53.5 Å². The lowest BCUT2D eigenvalue weighted by Gasteiger charge is -2.23. The molecule has 6 nitrogen and oxygen atoms in total. The number of benzene rings is 3. The van der Waals surface area contributed by atoms with Crippen LogP contribution in [-0.4, -0.2) is 18.4 Å². The molecule has 8 heteroatoms. The fourth-order valence-electron chi connectivity index (χ4n) is 2.98. The molecular formula is C22H20Cl2N4O2. The predicted octanol–water partition coefficient (Wildman–Crippen LogP) is 3.91. The maximum atomic E-state index is 12.7. The van der Waals surface area contributed by atoms with E-state index in [4.69, 9.17) is 29.0 Å². The van der Waals surface area contributed by atoms with Crippen LogP contribution in [-0.2, 0) is 4.79 Å². The molecule has 0 aliphatic rings. The Morgan fingerprint density at radius 2 is 1.57 bits per heavy atom. The molecule has 0 saturated heterocycles. The van der Waals surface area contributed by atoms with E-state index in [2.05, 4.69) is 16.1 Å². The zero-order valence-electron chi connectivity index (χ0n) is 15.9. The lowest BCUT2D eigenvalue weighted by molar-refractivity contribution is -0.120. The van der Waals surface area contributed by atoms with Crippen molar-refractivity contribution in [1.29, 1.82) is 0 Å². The van der Waals surface area contributed by atoms with Crippen LogP contribution in [0.5, 0.6) is 0 Å². The number of nitrogens with two attached hydrogens (primary N) is 1. The van der Waals surface area contributed by atoms with Crippen LogP contribution in [0.4, 0.5) is 5.69 Å². The summed E-state index contributed by atoms with van der Waals surface area (Å²) in [7, 11) is 0. The van der Waals surface area contributed by atoms with Crippen LogP contribution in [0.25, 0.3) is 0 Å². The minimum Gasteiger partial charge on any atom is -0.322 e. The maximum Gasteiger partial charge on any atom is 0.255 e. The van der Waals surface area contributed by atoms with Gasteiger partial charge in [0.2, 0.25) is 5.91 Å². The molecule has 0 bridgehead atoms. The molecule has 5 N–H and O–H groups in total. The minimum atomic E-state index is -0.414. The van der Waals surface area contributed by atoms with Gasteiger partial charge < -0.3 is 5.32 Å². The van der Waals surface area contributed by atoms with Gasteiger partial charge in [0.05, 0.1) is 12.6 Å². The number of halogens is 2. The van der Waals surface area contributed by atoms with Crippen LogP contribution in [0.2, 0.25) is 10.0 Å². The third-order valence-electron chi connectivity index (χ3n) is 4.44. The lowest BCUT2D eigenvalue weighted by Crippen LogP contribution is -2.39. The highest BCUT2D eigenvalue weighted by Crippen LogP contribution is 2.31. The largest absolute Gasteiger partial charge is 0.322 e. The number of hydrazine groups is 1. The highest BCUT2D eigenvalue weighted by atomic mass is 35.5. The van der Waals surface area contributed by atoms with Gasteiger partial charge in [-0.3, -0.25) is 20.3 Å². The Labute approximate surface area is 184 Å². The Morgan fingerprint density at radius 3 is 2.23 bits per heavy atom. The van der Waals surface area contributed by atoms with Gasteiger partial charge in [-0.15, -0.1) is 0 Å². The zero-order valence-corrected chi connectivity index (χ0v) is 17.4. The summed E-state index contributed by atoms with van der Waals surface area (Å²) >= 11 is 12.2. The first-order valence-electron chi connectivity index (χ1n) is 9.12. The predicted molar refractivity (Wildman–Crippen MR) is 119 cm³/mol. The third-order valence-corrected chi connectivity index (χ3v) is 4.93. The van der Waals surface area contributed by atoms with Gasteiger partial charge >= 0.3 is 0 Å². The second-order valence-corrected chi connectivity index (χ2v) is 7.36. The van der Waals surface area contributed by atoms with Crippen LogP contribution in [0.15, 0.2) is 72.8 Å². The van der Waals surface area contributed by atoms with Gasteiger partial charge in [0.25, 0.3) is 5.91 Å². The summed E-state index contributed by atoms with van der Waals surface area (Å²) in [4.78, 5) is 24.5. The number of carbonyl (C=O) groups excluding carboxylic acids is 2. The molecule has 0 aliphatic carbocycles. The van der Waals surface area contributed by atoms with Crippen molar-refractivity contribution < 1.29 is 9.59 Å². The third kappa shape index (κ3) is 5.58. The second kappa shape index (κ2) is 10.2. The normalized spacial score (nSPS) is 11.6. The number of amides is 2. The molecule has 3 aromatic carbocycles. The summed E-state index contributed by atoms with van der Waals surface area (Å²) in [6.45, 7) is -0.0207. The highest BCUT2D eigenvalue weighted by molar-refractivity contribution is 6.31. The van der Waals surface area contributed by atoms with Crippen molar-refractivity contribution in [2.75, 3.05) is 11.9 Å². The van der Waals surface area contributed by atoms with Gasteiger partial charge in [0.15, 0.2) is 0 Å². The molecule has 0 aliphatic heterocycles. The summed E-state index contributed by atoms with van der Waals surface area (Å²) in [5.74, 6) is 4.54. The first kappa shape index (κ1) is 21.8. The SMILES string of the molecule is NNC(=O)CN[C@@H](c1ccccc1)c1cc(Cl)ccc1NC(=O)c1ccc(Cl)cc1. The Kier molecular flexibility index (Phi) is 7.43.